The maximum absolute atomic E-state index is 12.8. The lowest BCUT2D eigenvalue weighted by atomic mass is 10.0. The minimum absolute atomic E-state index is 0.0195. The fourth-order valence-electron chi connectivity index (χ4n) is 3.63. The second-order valence-corrected chi connectivity index (χ2v) is 6.87. The van der Waals surface area contributed by atoms with E-state index >= 15 is 0 Å². The van der Waals surface area contributed by atoms with Gasteiger partial charge in [-0.2, -0.15) is 5.10 Å². The first kappa shape index (κ1) is 15.8. The first-order valence-corrected chi connectivity index (χ1v) is 8.45. The number of likely N-dealkylation sites (tertiary alicyclic amines) is 1. The Labute approximate surface area is 144 Å². The molecule has 2 aromatic heterocycles. The van der Waals surface area contributed by atoms with Gasteiger partial charge in [-0.25, -0.2) is 9.48 Å². The standard InChI is InChI=1S/C16H20N6O3/c1-20-7-10(6-17-20)12-5-13(12)15(23)21-4-2-3-11(8-21)22-9-14(16(24)25)18-19-22/h6-7,9,11-13H,2-5,8H2,1H3,(H,24,25). The summed E-state index contributed by atoms with van der Waals surface area (Å²) in [5.41, 5.74) is 1.05. The lowest BCUT2D eigenvalue weighted by molar-refractivity contribution is -0.134. The summed E-state index contributed by atoms with van der Waals surface area (Å²) in [5.74, 6) is -0.607. The van der Waals surface area contributed by atoms with Crippen LogP contribution >= 0.6 is 0 Å². The Morgan fingerprint density at radius 2 is 2.16 bits per heavy atom. The molecule has 2 fully saturated rings. The van der Waals surface area contributed by atoms with Crippen molar-refractivity contribution in [3.63, 3.8) is 0 Å². The average molecular weight is 344 g/mol. The molecule has 0 aromatic carbocycles. The number of aromatic nitrogens is 5. The summed E-state index contributed by atoms with van der Waals surface area (Å²) in [6.45, 7) is 1.30. The molecule has 1 saturated carbocycles. The number of hydrogen-bond acceptors (Lipinski definition) is 5. The Bertz CT molecular complexity index is 812. The van der Waals surface area contributed by atoms with Gasteiger partial charge in [0.15, 0.2) is 5.69 Å². The predicted octanol–water partition coefficient (Wildman–Crippen LogP) is 0.677. The van der Waals surface area contributed by atoms with Crippen molar-refractivity contribution in [3.8, 4) is 0 Å². The van der Waals surface area contributed by atoms with Crippen LogP contribution in [0.3, 0.4) is 0 Å². The van der Waals surface area contributed by atoms with E-state index in [2.05, 4.69) is 15.4 Å². The fraction of sp³-hybridized carbons (Fsp3) is 0.562. The van der Waals surface area contributed by atoms with Crippen LogP contribution < -0.4 is 0 Å². The number of rotatable bonds is 4. The number of hydrogen-bond donors (Lipinski definition) is 1. The summed E-state index contributed by atoms with van der Waals surface area (Å²) in [4.78, 5) is 25.6. The van der Waals surface area contributed by atoms with Crippen molar-refractivity contribution < 1.29 is 14.7 Å². The number of aryl methyl sites for hydroxylation is 1. The normalized spacial score (nSPS) is 25.8. The van der Waals surface area contributed by atoms with Gasteiger partial charge in [-0.05, 0) is 30.7 Å². The van der Waals surface area contributed by atoms with Gasteiger partial charge >= 0.3 is 5.97 Å². The van der Waals surface area contributed by atoms with Crippen molar-refractivity contribution in [3.05, 3.63) is 29.8 Å². The van der Waals surface area contributed by atoms with E-state index in [9.17, 15) is 9.59 Å². The van der Waals surface area contributed by atoms with E-state index in [0.717, 1.165) is 31.4 Å². The molecular formula is C16H20N6O3. The van der Waals surface area contributed by atoms with Crippen LogP contribution in [0.5, 0.6) is 0 Å². The quantitative estimate of drug-likeness (QED) is 0.874. The zero-order valence-corrected chi connectivity index (χ0v) is 13.9. The smallest absolute Gasteiger partial charge is 0.358 e. The van der Waals surface area contributed by atoms with Crippen LogP contribution in [0.25, 0.3) is 0 Å². The molecule has 3 unspecified atom stereocenters. The zero-order chi connectivity index (χ0) is 17.6. The highest BCUT2D eigenvalue weighted by atomic mass is 16.4. The molecule has 25 heavy (non-hydrogen) atoms. The maximum Gasteiger partial charge on any atom is 0.358 e. The van der Waals surface area contributed by atoms with Gasteiger partial charge in [-0.15, -0.1) is 5.10 Å². The van der Waals surface area contributed by atoms with Gasteiger partial charge in [0, 0.05) is 32.3 Å². The molecule has 4 rings (SSSR count). The third kappa shape index (κ3) is 3.01. The molecule has 1 saturated heterocycles. The van der Waals surface area contributed by atoms with Crippen LogP contribution in [0.15, 0.2) is 18.6 Å². The summed E-state index contributed by atoms with van der Waals surface area (Å²) >= 11 is 0. The SMILES string of the molecule is Cn1cc(C2CC2C(=O)N2CCCC(n3cc(C(=O)O)nn3)C2)cn1. The topological polar surface area (TPSA) is 106 Å². The minimum atomic E-state index is -1.09. The molecule has 2 aliphatic rings. The molecule has 0 bridgehead atoms. The highest BCUT2D eigenvalue weighted by Gasteiger charge is 2.47. The Balaban J connectivity index is 1.41. The lowest BCUT2D eigenvalue weighted by Gasteiger charge is -2.32. The Hall–Kier alpha value is -2.71. The average Bonchev–Trinajstić information content (AvgIpc) is 3.03. The van der Waals surface area contributed by atoms with Gasteiger partial charge in [-0.1, -0.05) is 5.21 Å². The van der Waals surface area contributed by atoms with E-state index in [1.807, 2.05) is 24.3 Å². The molecule has 132 valence electrons. The van der Waals surface area contributed by atoms with Gasteiger partial charge < -0.3 is 10.0 Å². The first-order chi connectivity index (χ1) is 12.0. The number of piperidine rings is 1. The van der Waals surface area contributed by atoms with Crippen LogP contribution in [0, 0.1) is 5.92 Å². The molecule has 3 atom stereocenters. The highest BCUT2D eigenvalue weighted by molar-refractivity contribution is 5.84. The second kappa shape index (κ2) is 5.98. The third-order valence-electron chi connectivity index (χ3n) is 5.07. The molecule has 1 aliphatic carbocycles. The molecule has 2 aromatic rings. The largest absolute Gasteiger partial charge is 0.476 e. The molecule has 1 amide bonds. The van der Waals surface area contributed by atoms with Crippen molar-refractivity contribution in [2.75, 3.05) is 13.1 Å². The van der Waals surface area contributed by atoms with E-state index in [1.54, 1.807) is 9.36 Å². The second-order valence-electron chi connectivity index (χ2n) is 6.87. The number of aromatic carboxylic acids is 1. The number of carbonyl (C=O) groups excluding carboxylic acids is 1. The highest BCUT2D eigenvalue weighted by Crippen LogP contribution is 2.48. The van der Waals surface area contributed by atoms with Gasteiger partial charge in [0.1, 0.15) is 0 Å². The van der Waals surface area contributed by atoms with E-state index < -0.39 is 5.97 Å². The van der Waals surface area contributed by atoms with E-state index in [-0.39, 0.29) is 29.5 Å². The van der Waals surface area contributed by atoms with Crippen molar-refractivity contribution in [2.45, 2.75) is 31.2 Å². The van der Waals surface area contributed by atoms with Crippen molar-refractivity contribution >= 4 is 11.9 Å². The minimum Gasteiger partial charge on any atom is -0.476 e. The maximum atomic E-state index is 12.8. The number of nitrogens with zero attached hydrogens (tertiary/aromatic N) is 6. The Morgan fingerprint density at radius 3 is 2.84 bits per heavy atom. The third-order valence-corrected chi connectivity index (χ3v) is 5.07. The number of carboxylic acid groups (broad SMARTS) is 1. The van der Waals surface area contributed by atoms with E-state index in [0.29, 0.717) is 6.54 Å². The summed E-state index contributed by atoms with van der Waals surface area (Å²) in [7, 11) is 1.88. The molecular weight excluding hydrogens is 324 g/mol. The van der Waals surface area contributed by atoms with Crippen LogP contribution in [0.2, 0.25) is 0 Å². The van der Waals surface area contributed by atoms with Crippen LogP contribution in [0.1, 0.15) is 47.3 Å². The monoisotopic (exact) mass is 344 g/mol. The van der Waals surface area contributed by atoms with Crippen molar-refractivity contribution in [1.29, 1.82) is 0 Å². The number of amides is 1. The zero-order valence-electron chi connectivity index (χ0n) is 13.9. The van der Waals surface area contributed by atoms with Crippen LogP contribution in [0.4, 0.5) is 0 Å². The van der Waals surface area contributed by atoms with Gasteiger partial charge in [0.25, 0.3) is 0 Å². The molecule has 0 radical (unpaired) electrons. The Morgan fingerprint density at radius 1 is 1.32 bits per heavy atom. The van der Waals surface area contributed by atoms with E-state index in [1.165, 1.54) is 6.20 Å². The first-order valence-electron chi connectivity index (χ1n) is 8.45. The fourth-order valence-corrected chi connectivity index (χ4v) is 3.63. The van der Waals surface area contributed by atoms with Crippen LogP contribution in [-0.2, 0) is 11.8 Å². The predicted molar refractivity (Wildman–Crippen MR) is 85.9 cm³/mol. The molecule has 9 heteroatoms. The van der Waals surface area contributed by atoms with Crippen molar-refractivity contribution in [1.82, 2.24) is 29.7 Å². The molecule has 0 spiro atoms. The van der Waals surface area contributed by atoms with Crippen LogP contribution in [-0.4, -0.2) is 59.7 Å². The lowest BCUT2D eigenvalue weighted by Crippen LogP contribution is -2.41. The Kier molecular flexibility index (Phi) is 3.78. The summed E-state index contributed by atoms with van der Waals surface area (Å²) in [6, 6.07) is -0.0195. The molecule has 9 nitrogen and oxygen atoms in total. The molecule has 1 N–H and O–H groups in total. The summed E-state index contributed by atoms with van der Waals surface area (Å²) < 4.78 is 3.34. The van der Waals surface area contributed by atoms with E-state index in [4.69, 9.17) is 5.11 Å². The summed E-state index contributed by atoms with van der Waals surface area (Å²) in [6.07, 6.45) is 7.86. The molecule has 3 heterocycles. The van der Waals surface area contributed by atoms with Gasteiger partial charge in [0.2, 0.25) is 5.91 Å². The summed E-state index contributed by atoms with van der Waals surface area (Å²) in [5, 5.41) is 20.7. The van der Waals surface area contributed by atoms with Gasteiger partial charge in [-0.3, -0.25) is 9.48 Å². The number of carbonyl (C=O) groups is 2. The van der Waals surface area contributed by atoms with Crippen molar-refractivity contribution in [2.24, 2.45) is 13.0 Å². The van der Waals surface area contributed by atoms with Gasteiger partial charge in [0.05, 0.1) is 18.4 Å². The number of carboxylic acids is 1. The molecule has 1 aliphatic heterocycles.